The number of carbonyl (C=O) groups excluding carboxylic acids is 1. The summed E-state index contributed by atoms with van der Waals surface area (Å²) in [6.07, 6.45) is -3.26. The summed E-state index contributed by atoms with van der Waals surface area (Å²) >= 11 is 0.721. The molecule has 2 atom stereocenters. The van der Waals surface area contributed by atoms with E-state index in [1.54, 1.807) is 0 Å². The van der Waals surface area contributed by atoms with E-state index in [-0.39, 0.29) is 10.9 Å². The van der Waals surface area contributed by atoms with Crippen molar-refractivity contribution in [2.24, 2.45) is 0 Å². The molecule has 8 heteroatoms. The zero-order valence-corrected chi connectivity index (χ0v) is 11.2. The number of aliphatic hydroxyl groups is 2. The van der Waals surface area contributed by atoms with Crippen LogP contribution in [0.2, 0.25) is 0 Å². The maximum atomic E-state index is 13.6. The normalized spacial score (nSPS) is 13.8. The van der Waals surface area contributed by atoms with E-state index in [0.29, 0.717) is 12.1 Å². The quantitative estimate of drug-likeness (QED) is 0.760. The van der Waals surface area contributed by atoms with Crippen molar-refractivity contribution in [2.45, 2.75) is 19.1 Å². The second-order valence-corrected chi connectivity index (χ2v) is 5.17. The van der Waals surface area contributed by atoms with Crippen LogP contribution in [0.5, 0.6) is 0 Å². The van der Waals surface area contributed by atoms with Gasteiger partial charge in [-0.2, -0.15) is 0 Å². The highest BCUT2D eigenvalue weighted by molar-refractivity contribution is 8.13. The van der Waals surface area contributed by atoms with E-state index in [4.69, 9.17) is 5.11 Å². The number of carboxylic acid groups (broad SMARTS) is 1. The molecule has 0 amide bonds. The van der Waals surface area contributed by atoms with Crippen LogP contribution < -0.4 is 0 Å². The lowest BCUT2D eigenvalue weighted by molar-refractivity contribution is -0.109. The molecule has 3 N–H and O–H groups in total. The van der Waals surface area contributed by atoms with Gasteiger partial charge in [0.05, 0.1) is 11.7 Å². The van der Waals surface area contributed by atoms with E-state index in [9.17, 15) is 28.6 Å². The Balaban J connectivity index is 2.98. The third kappa shape index (κ3) is 3.99. The Morgan fingerprint density at radius 2 is 1.85 bits per heavy atom. The molecule has 5 nitrogen and oxygen atoms in total. The summed E-state index contributed by atoms with van der Waals surface area (Å²) in [5, 5.41) is 27.6. The first-order chi connectivity index (χ1) is 9.23. The Hall–Kier alpha value is -1.51. The molecule has 1 aromatic carbocycles. The van der Waals surface area contributed by atoms with Crippen molar-refractivity contribution < 1.29 is 33.7 Å². The molecule has 0 aliphatic rings. The summed E-state index contributed by atoms with van der Waals surface area (Å²) in [6, 6.07) is 0.951. The van der Waals surface area contributed by atoms with Crippen LogP contribution >= 0.6 is 11.8 Å². The number of halogens is 2. The molecule has 0 saturated carbocycles. The maximum absolute atomic E-state index is 13.6. The maximum Gasteiger partial charge on any atom is 0.338 e. The van der Waals surface area contributed by atoms with Gasteiger partial charge in [-0.15, -0.1) is 0 Å². The monoisotopic (exact) mass is 306 g/mol. The van der Waals surface area contributed by atoms with Crippen molar-refractivity contribution in [3.05, 3.63) is 34.9 Å². The largest absolute Gasteiger partial charge is 0.478 e. The minimum Gasteiger partial charge on any atom is -0.478 e. The summed E-state index contributed by atoms with van der Waals surface area (Å²) in [7, 11) is 0. The molecule has 0 fully saturated rings. The lowest BCUT2D eigenvalue weighted by Gasteiger charge is -2.18. The molecule has 0 aliphatic carbocycles. The number of carboxylic acids is 1. The summed E-state index contributed by atoms with van der Waals surface area (Å²) in [6.45, 7) is 1.26. The van der Waals surface area contributed by atoms with Gasteiger partial charge in [0.15, 0.2) is 5.12 Å². The van der Waals surface area contributed by atoms with Crippen LogP contribution in [0.25, 0.3) is 0 Å². The average molecular weight is 306 g/mol. The molecule has 0 aliphatic heterocycles. The van der Waals surface area contributed by atoms with Gasteiger partial charge in [0.1, 0.15) is 17.7 Å². The van der Waals surface area contributed by atoms with E-state index in [0.717, 1.165) is 11.8 Å². The molecular weight excluding hydrogens is 294 g/mol. The van der Waals surface area contributed by atoms with E-state index < -0.39 is 40.9 Å². The van der Waals surface area contributed by atoms with E-state index in [2.05, 4.69) is 0 Å². The molecule has 20 heavy (non-hydrogen) atoms. The third-order valence-corrected chi connectivity index (χ3v) is 3.37. The molecule has 1 rings (SSSR count). The van der Waals surface area contributed by atoms with Crippen LogP contribution in [-0.4, -0.2) is 38.3 Å². The molecule has 2 unspecified atom stereocenters. The van der Waals surface area contributed by atoms with E-state index >= 15 is 0 Å². The molecule has 1 aromatic rings. The van der Waals surface area contributed by atoms with Crippen LogP contribution in [0, 0.1) is 11.6 Å². The summed E-state index contributed by atoms with van der Waals surface area (Å²) in [5.41, 5.74) is -1.43. The van der Waals surface area contributed by atoms with Crippen molar-refractivity contribution in [2.75, 3.05) is 5.75 Å². The smallest absolute Gasteiger partial charge is 0.338 e. The lowest BCUT2D eigenvalue weighted by atomic mass is 10.0. The fourth-order valence-corrected chi connectivity index (χ4v) is 2.04. The molecule has 0 spiro atoms. The summed E-state index contributed by atoms with van der Waals surface area (Å²) in [4.78, 5) is 21.3. The highest BCUT2D eigenvalue weighted by Gasteiger charge is 2.25. The second kappa shape index (κ2) is 6.78. The van der Waals surface area contributed by atoms with Gasteiger partial charge in [0.2, 0.25) is 0 Å². The fraction of sp³-hybridized carbons (Fsp3) is 0.333. The van der Waals surface area contributed by atoms with Gasteiger partial charge in [-0.05, 0) is 12.1 Å². The van der Waals surface area contributed by atoms with Crippen LogP contribution in [0.15, 0.2) is 12.1 Å². The zero-order chi connectivity index (χ0) is 15.4. The van der Waals surface area contributed by atoms with Crippen molar-refractivity contribution in [3.8, 4) is 0 Å². The van der Waals surface area contributed by atoms with Crippen molar-refractivity contribution in [3.63, 3.8) is 0 Å². The number of hydrogen-bond donors (Lipinski definition) is 3. The second-order valence-electron chi connectivity index (χ2n) is 3.97. The Kier molecular flexibility index (Phi) is 5.61. The molecule has 0 saturated heterocycles. The van der Waals surface area contributed by atoms with Crippen molar-refractivity contribution >= 4 is 22.8 Å². The Labute approximate surface area is 117 Å². The Morgan fingerprint density at radius 3 is 2.35 bits per heavy atom. The predicted molar refractivity (Wildman–Crippen MR) is 67.4 cm³/mol. The average Bonchev–Trinajstić information content (AvgIpc) is 2.36. The van der Waals surface area contributed by atoms with E-state index in [1.807, 2.05) is 0 Å². The molecule has 0 bridgehead atoms. The Morgan fingerprint density at radius 1 is 1.25 bits per heavy atom. The first kappa shape index (κ1) is 16.5. The summed E-state index contributed by atoms with van der Waals surface area (Å²) < 4.78 is 27.0. The van der Waals surface area contributed by atoms with Crippen LogP contribution in [0.1, 0.15) is 28.9 Å². The first-order valence-electron chi connectivity index (χ1n) is 5.45. The SMILES string of the molecule is CC(=O)SCC(O)C(O)c1cc(F)c(C(=O)O)cc1F. The van der Waals surface area contributed by atoms with Gasteiger partial charge >= 0.3 is 5.97 Å². The van der Waals surface area contributed by atoms with Gasteiger partial charge in [0.25, 0.3) is 0 Å². The highest BCUT2D eigenvalue weighted by Crippen LogP contribution is 2.25. The molecule has 0 aromatic heterocycles. The third-order valence-electron chi connectivity index (χ3n) is 2.46. The van der Waals surface area contributed by atoms with Gasteiger partial charge in [-0.3, -0.25) is 4.79 Å². The number of aliphatic hydroxyl groups excluding tert-OH is 2. The summed E-state index contributed by atoms with van der Waals surface area (Å²) in [5.74, 6) is -4.21. The number of benzene rings is 1. The Bertz CT molecular complexity index is 535. The van der Waals surface area contributed by atoms with Crippen molar-refractivity contribution in [1.29, 1.82) is 0 Å². The lowest BCUT2D eigenvalue weighted by Crippen LogP contribution is -2.23. The van der Waals surface area contributed by atoms with E-state index in [1.165, 1.54) is 6.92 Å². The van der Waals surface area contributed by atoms with Gasteiger partial charge in [-0.1, -0.05) is 11.8 Å². The molecule has 110 valence electrons. The minimum atomic E-state index is -1.76. The van der Waals surface area contributed by atoms with Crippen molar-refractivity contribution in [1.82, 2.24) is 0 Å². The molecular formula is C12H12F2O5S. The topological polar surface area (TPSA) is 94.8 Å². The van der Waals surface area contributed by atoms with Crippen LogP contribution in [-0.2, 0) is 4.79 Å². The van der Waals surface area contributed by atoms with Crippen LogP contribution in [0.3, 0.4) is 0 Å². The number of rotatable bonds is 5. The number of aromatic carboxylic acids is 1. The minimum absolute atomic E-state index is 0.196. The zero-order valence-electron chi connectivity index (χ0n) is 10.3. The standard InChI is InChI=1S/C12H12F2O5S/c1-5(15)20-4-10(16)11(17)6-2-9(14)7(12(18)19)3-8(6)13/h2-3,10-11,16-17H,4H2,1H3,(H,18,19). The number of hydrogen-bond acceptors (Lipinski definition) is 5. The number of carbonyl (C=O) groups is 2. The van der Waals surface area contributed by atoms with Gasteiger partial charge in [-0.25, -0.2) is 13.6 Å². The van der Waals surface area contributed by atoms with Crippen LogP contribution in [0.4, 0.5) is 8.78 Å². The first-order valence-corrected chi connectivity index (χ1v) is 6.44. The fourth-order valence-electron chi connectivity index (χ4n) is 1.45. The molecule has 0 heterocycles. The predicted octanol–water partition coefficient (Wildman–Crippen LogP) is 1.34. The molecule has 0 radical (unpaired) electrons. The number of thioether (sulfide) groups is 1. The highest BCUT2D eigenvalue weighted by atomic mass is 32.2. The van der Waals surface area contributed by atoms with Gasteiger partial charge < -0.3 is 15.3 Å². The van der Waals surface area contributed by atoms with Gasteiger partial charge in [0, 0.05) is 18.2 Å².